The number of rotatable bonds is 6. The Hall–Kier alpha value is -3.08. The molecule has 0 atom stereocenters. The summed E-state index contributed by atoms with van der Waals surface area (Å²) in [6.45, 7) is 7.08. The highest BCUT2D eigenvalue weighted by atomic mass is 15.1. The van der Waals surface area contributed by atoms with E-state index in [9.17, 15) is 0 Å². The maximum Gasteiger partial charge on any atom is 0.136 e. The Morgan fingerprint density at radius 2 is 1.52 bits per heavy atom. The lowest BCUT2D eigenvalue weighted by Gasteiger charge is -2.28. The summed E-state index contributed by atoms with van der Waals surface area (Å²) in [5.41, 5.74) is 4.84. The SMILES string of the molecule is Cc1ccc(CNc2cc(Nc3ccc(N4CCCCC4)cc3)nc(C)n2)cc1. The maximum atomic E-state index is 4.54. The molecule has 0 unspecified atom stereocenters. The van der Waals surface area contributed by atoms with Gasteiger partial charge in [0.05, 0.1) is 0 Å². The van der Waals surface area contributed by atoms with Gasteiger partial charge >= 0.3 is 0 Å². The fourth-order valence-electron chi connectivity index (χ4n) is 3.68. The zero-order valence-electron chi connectivity index (χ0n) is 17.3. The number of benzene rings is 2. The van der Waals surface area contributed by atoms with Crippen molar-refractivity contribution in [3.63, 3.8) is 0 Å². The van der Waals surface area contributed by atoms with Crippen molar-refractivity contribution in [1.82, 2.24) is 9.97 Å². The normalized spacial score (nSPS) is 13.9. The second kappa shape index (κ2) is 8.95. The lowest BCUT2D eigenvalue weighted by atomic mass is 10.1. The van der Waals surface area contributed by atoms with Crippen molar-refractivity contribution in [3.05, 3.63) is 71.5 Å². The van der Waals surface area contributed by atoms with Gasteiger partial charge in [0.2, 0.25) is 0 Å². The molecule has 1 aromatic heterocycles. The van der Waals surface area contributed by atoms with Crippen LogP contribution < -0.4 is 15.5 Å². The predicted molar refractivity (Wildman–Crippen MR) is 121 cm³/mol. The topological polar surface area (TPSA) is 53.1 Å². The van der Waals surface area contributed by atoms with Crippen LogP contribution in [0.1, 0.15) is 36.2 Å². The summed E-state index contributed by atoms with van der Waals surface area (Å²) in [6.07, 6.45) is 3.93. The number of aryl methyl sites for hydroxylation is 2. The van der Waals surface area contributed by atoms with Crippen LogP contribution in [0.15, 0.2) is 54.6 Å². The maximum absolute atomic E-state index is 4.54. The van der Waals surface area contributed by atoms with Crippen LogP contribution in [-0.4, -0.2) is 23.1 Å². The van der Waals surface area contributed by atoms with E-state index < -0.39 is 0 Å². The van der Waals surface area contributed by atoms with E-state index in [4.69, 9.17) is 0 Å². The molecular formula is C24H29N5. The molecule has 0 spiro atoms. The first kappa shape index (κ1) is 19.2. The Morgan fingerprint density at radius 1 is 0.828 bits per heavy atom. The molecular weight excluding hydrogens is 358 g/mol. The van der Waals surface area contributed by atoms with E-state index in [-0.39, 0.29) is 0 Å². The number of hydrogen-bond donors (Lipinski definition) is 2. The molecule has 150 valence electrons. The minimum absolute atomic E-state index is 0.737. The summed E-state index contributed by atoms with van der Waals surface area (Å²) >= 11 is 0. The third-order valence-corrected chi connectivity index (χ3v) is 5.29. The van der Waals surface area contributed by atoms with Crippen LogP contribution >= 0.6 is 0 Å². The molecule has 1 aliphatic rings. The van der Waals surface area contributed by atoms with E-state index in [0.717, 1.165) is 42.8 Å². The molecule has 5 nitrogen and oxygen atoms in total. The largest absolute Gasteiger partial charge is 0.372 e. The second-order valence-corrected chi connectivity index (χ2v) is 7.74. The van der Waals surface area contributed by atoms with Crippen LogP contribution in [0.3, 0.4) is 0 Å². The van der Waals surface area contributed by atoms with Crippen molar-refractivity contribution in [3.8, 4) is 0 Å². The molecule has 29 heavy (non-hydrogen) atoms. The number of anilines is 4. The van der Waals surface area contributed by atoms with Gasteiger partial charge < -0.3 is 15.5 Å². The van der Waals surface area contributed by atoms with Gasteiger partial charge in [0.1, 0.15) is 17.5 Å². The van der Waals surface area contributed by atoms with Gasteiger partial charge in [-0.15, -0.1) is 0 Å². The van der Waals surface area contributed by atoms with Crippen LogP contribution in [-0.2, 0) is 6.54 Å². The highest BCUT2D eigenvalue weighted by molar-refractivity contribution is 5.62. The molecule has 0 amide bonds. The third kappa shape index (κ3) is 5.25. The van der Waals surface area contributed by atoms with Gasteiger partial charge in [0.25, 0.3) is 0 Å². The highest BCUT2D eigenvalue weighted by Gasteiger charge is 2.10. The number of piperidine rings is 1. The molecule has 0 bridgehead atoms. The molecule has 1 fully saturated rings. The first-order chi connectivity index (χ1) is 14.2. The van der Waals surface area contributed by atoms with Crippen LogP contribution in [0.4, 0.5) is 23.0 Å². The van der Waals surface area contributed by atoms with Crippen molar-refractivity contribution < 1.29 is 0 Å². The van der Waals surface area contributed by atoms with Gasteiger partial charge in [-0.05, 0) is 62.9 Å². The molecule has 5 heteroatoms. The van der Waals surface area contributed by atoms with Crippen LogP contribution in [0.5, 0.6) is 0 Å². The van der Waals surface area contributed by atoms with E-state index in [1.54, 1.807) is 0 Å². The van der Waals surface area contributed by atoms with Gasteiger partial charge in [-0.3, -0.25) is 0 Å². The molecule has 1 aliphatic heterocycles. The second-order valence-electron chi connectivity index (χ2n) is 7.74. The van der Waals surface area contributed by atoms with E-state index >= 15 is 0 Å². The van der Waals surface area contributed by atoms with E-state index in [2.05, 4.69) is 81.0 Å². The lowest BCUT2D eigenvalue weighted by Crippen LogP contribution is -2.29. The average molecular weight is 388 g/mol. The zero-order chi connectivity index (χ0) is 20.1. The summed E-state index contributed by atoms with van der Waals surface area (Å²) in [7, 11) is 0. The van der Waals surface area contributed by atoms with E-state index in [1.807, 2.05) is 13.0 Å². The number of hydrogen-bond acceptors (Lipinski definition) is 5. The summed E-state index contributed by atoms with van der Waals surface area (Å²) in [6, 6.07) is 19.1. The molecule has 3 aromatic rings. The van der Waals surface area contributed by atoms with E-state index in [0.29, 0.717) is 0 Å². The minimum atomic E-state index is 0.737. The van der Waals surface area contributed by atoms with Crippen LogP contribution in [0, 0.1) is 13.8 Å². The molecule has 4 rings (SSSR count). The first-order valence-electron chi connectivity index (χ1n) is 10.4. The minimum Gasteiger partial charge on any atom is -0.372 e. The summed E-state index contributed by atoms with van der Waals surface area (Å²) in [4.78, 5) is 11.5. The van der Waals surface area contributed by atoms with Gasteiger partial charge in [0.15, 0.2) is 0 Å². The standard InChI is InChI=1S/C24H29N5/c1-18-6-8-20(9-7-18)17-25-23-16-24(27-19(2)26-23)28-21-10-12-22(13-11-21)29-14-4-3-5-15-29/h6-13,16H,3-5,14-15,17H2,1-2H3,(H2,25,26,27,28). The lowest BCUT2D eigenvalue weighted by molar-refractivity contribution is 0.578. The molecule has 0 saturated carbocycles. The summed E-state index contributed by atoms with van der Waals surface area (Å²) < 4.78 is 0. The predicted octanol–water partition coefficient (Wildman–Crippen LogP) is 5.44. The number of nitrogens with one attached hydrogen (secondary N) is 2. The fourth-order valence-corrected chi connectivity index (χ4v) is 3.68. The Balaban J connectivity index is 1.41. The molecule has 1 saturated heterocycles. The molecule has 2 N–H and O–H groups in total. The first-order valence-corrected chi connectivity index (χ1v) is 10.4. The van der Waals surface area contributed by atoms with Crippen LogP contribution in [0.25, 0.3) is 0 Å². The van der Waals surface area contributed by atoms with Gasteiger partial charge in [-0.1, -0.05) is 29.8 Å². The Kier molecular flexibility index (Phi) is 5.94. The number of aromatic nitrogens is 2. The van der Waals surface area contributed by atoms with Gasteiger partial charge in [-0.2, -0.15) is 0 Å². The highest BCUT2D eigenvalue weighted by Crippen LogP contribution is 2.24. The summed E-state index contributed by atoms with van der Waals surface area (Å²) in [5, 5.41) is 6.81. The monoisotopic (exact) mass is 387 g/mol. The molecule has 0 radical (unpaired) electrons. The van der Waals surface area contributed by atoms with Crippen molar-refractivity contribution in [1.29, 1.82) is 0 Å². The van der Waals surface area contributed by atoms with Gasteiger partial charge in [-0.25, -0.2) is 9.97 Å². The van der Waals surface area contributed by atoms with Crippen LogP contribution in [0.2, 0.25) is 0 Å². The molecule has 2 aromatic carbocycles. The zero-order valence-corrected chi connectivity index (χ0v) is 17.3. The summed E-state index contributed by atoms with van der Waals surface area (Å²) in [5.74, 6) is 2.37. The fraction of sp³-hybridized carbons (Fsp3) is 0.333. The quantitative estimate of drug-likeness (QED) is 0.590. The van der Waals surface area contributed by atoms with Crippen molar-refractivity contribution >= 4 is 23.0 Å². The van der Waals surface area contributed by atoms with Crippen molar-refractivity contribution in [2.75, 3.05) is 28.6 Å². The molecule has 0 aliphatic carbocycles. The van der Waals surface area contributed by atoms with E-state index in [1.165, 1.54) is 36.1 Å². The smallest absolute Gasteiger partial charge is 0.136 e. The Morgan fingerprint density at radius 3 is 2.24 bits per heavy atom. The number of nitrogens with zero attached hydrogens (tertiary/aromatic N) is 3. The molecule has 2 heterocycles. The average Bonchev–Trinajstić information content (AvgIpc) is 2.74. The van der Waals surface area contributed by atoms with Gasteiger partial charge in [0, 0.05) is 37.1 Å². The Bertz CT molecular complexity index is 928. The van der Waals surface area contributed by atoms with Crippen molar-refractivity contribution in [2.24, 2.45) is 0 Å². The Labute approximate surface area is 173 Å². The third-order valence-electron chi connectivity index (χ3n) is 5.29. The van der Waals surface area contributed by atoms with Crippen molar-refractivity contribution in [2.45, 2.75) is 39.7 Å².